The van der Waals surface area contributed by atoms with Crippen LogP contribution in [0.1, 0.15) is 24.5 Å². The zero-order chi connectivity index (χ0) is 14.3. The molecule has 0 spiro atoms. The summed E-state index contributed by atoms with van der Waals surface area (Å²) in [5, 5.41) is 10.8. The molecule has 4 rings (SSSR count). The second-order valence-corrected chi connectivity index (χ2v) is 6.98. The average Bonchev–Trinajstić information content (AvgIpc) is 3.14. The van der Waals surface area contributed by atoms with Crippen LogP contribution in [0, 0.1) is 0 Å². The molecule has 2 aromatic carbocycles. The first-order valence-electron chi connectivity index (χ1n) is 7.09. The topological polar surface area (TPSA) is 38.7 Å². The van der Waals surface area contributed by atoms with Gasteiger partial charge in [0, 0.05) is 4.90 Å². The molecule has 0 aromatic heterocycles. The molecule has 4 heteroatoms. The summed E-state index contributed by atoms with van der Waals surface area (Å²) in [5.74, 6) is 1.48. The maximum atomic E-state index is 10.8. The van der Waals surface area contributed by atoms with E-state index in [0.29, 0.717) is 0 Å². The zero-order valence-corrected chi connectivity index (χ0v) is 12.3. The predicted molar refractivity (Wildman–Crippen MR) is 81.8 cm³/mol. The van der Waals surface area contributed by atoms with Crippen LogP contribution < -0.4 is 9.47 Å². The molecule has 0 saturated heterocycles. The molecule has 1 fully saturated rings. The summed E-state index contributed by atoms with van der Waals surface area (Å²) in [6, 6.07) is 16.0. The van der Waals surface area contributed by atoms with Gasteiger partial charge in [-0.3, -0.25) is 0 Å². The highest BCUT2D eigenvalue weighted by Gasteiger charge is 2.50. The van der Waals surface area contributed by atoms with E-state index in [0.717, 1.165) is 29.9 Å². The lowest BCUT2D eigenvalue weighted by molar-refractivity contribution is 0.165. The van der Waals surface area contributed by atoms with Gasteiger partial charge in [0.25, 0.3) is 0 Å². The van der Waals surface area contributed by atoms with Crippen molar-refractivity contribution in [2.45, 2.75) is 28.6 Å². The quantitative estimate of drug-likeness (QED) is 0.933. The number of fused-ring (bicyclic) bond motifs is 1. The highest BCUT2D eigenvalue weighted by atomic mass is 32.2. The molecule has 1 aliphatic carbocycles. The third-order valence-electron chi connectivity index (χ3n) is 4.02. The highest BCUT2D eigenvalue weighted by molar-refractivity contribution is 8.01. The summed E-state index contributed by atoms with van der Waals surface area (Å²) in [7, 11) is 0. The largest absolute Gasteiger partial charge is 0.454 e. The van der Waals surface area contributed by atoms with E-state index in [-0.39, 0.29) is 11.5 Å². The molecule has 0 radical (unpaired) electrons. The molecule has 21 heavy (non-hydrogen) atoms. The Balaban J connectivity index is 1.58. The van der Waals surface area contributed by atoms with Crippen LogP contribution in [0.5, 0.6) is 11.5 Å². The summed E-state index contributed by atoms with van der Waals surface area (Å²) >= 11 is 1.77. The Labute approximate surface area is 127 Å². The first kappa shape index (κ1) is 13.0. The Hall–Kier alpha value is -1.65. The van der Waals surface area contributed by atoms with Crippen molar-refractivity contribution in [2.75, 3.05) is 6.79 Å². The van der Waals surface area contributed by atoms with E-state index in [1.165, 1.54) is 4.90 Å². The summed E-state index contributed by atoms with van der Waals surface area (Å²) in [4.78, 5) is 1.20. The van der Waals surface area contributed by atoms with Crippen molar-refractivity contribution in [1.29, 1.82) is 0 Å². The molecule has 1 atom stereocenters. The molecule has 0 bridgehead atoms. The van der Waals surface area contributed by atoms with E-state index >= 15 is 0 Å². The van der Waals surface area contributed by atoms with Gasteiger partial charge in [-0.05, 0) is 42.7 Å². The monoisotopic (exact) mass is 300 g/mol. The Morgan fingerprint density at radius 2 is 1.76 bits per heavy atom. The second kappa shape index (κ2) is 4.97. The number of hydrogen-bond donors (Lipinski definition) is 1. The van der Waals surface area contributed by atoms with Crippen LogP contribution in [0.2, 0.25) is 0 Å². The van der Waals surface area contributed by atoms with E-state index in [4.69, 9.17) is 9.47 Å². The van der Waals surface area contributed by atoms with Gasteiger partial charge >= 0.3 is 0 Å². The van der Waals surface area contributed by atoms with Gasteiger partial charge in [0.1, 0.15) is 0 Å². The van der Waals surface area contributed by atoms with Gasteiger partial charge < -0.3 is 14.6 Å². The Morgan fingerprint density at radius 3 is 2.52 bits per heavy atom. The van der Waals surface area contributed by atoms with Gasteiger partial charge in [-0.25, -0.2) is 0 Å². The van der Waals surface area contributed by atoms with E-state index in [1.54, 1.807) is 11.8 Å². The van der Waals surface area contributed by atoms with E-state index < -0.39 is 6.10 Å². The molecule has 1 heterocycles. The number of hydrogen-bond acceptors (Lipinski definition) is 4. The van der Waals surface area contributed by atoms with E-state index in [2.05, 4.69) is 12.1 Å². The molecule has 1 saturated carbocycles. The molecular formula is C17H16O3S. The summed E-state index contributed by atoms with van der Waals surface area (Å²) < 4.78 is 10.6. The molecule has 2 aromatic rings. The maximum absolute atomic E-state index is 10.8. The maximum Gasteiger partial charge on any atom is 0.231 e. The average molecular weight is 300 g/mol. The zero-order valence-electron chi connectivity index (χ0n) is 11.5. The van der Waals surface area contributed by atoms with Crippen LogP contribution in [-0.4, -0.2) is 16.6 Å². The lowest BCUT2D eigenvalue weighted by Crippen LogP contribution is -2.16. The van der Waals surface area contributed by atoms with Crippen molar-refractivity contribution in [3.8, 4) is 11.5 Å². The molecule has 108 valence electrons. The van der Waals surface area contributed by atoms with Crippen LogP contribution >= 0.6 is 11.8 Å². The van der Waals surface area contributed by atoms with Gasteiger partial charge in [0.05, 0.1) is 10.9 Å². The Kier molecular flexibility index (Phi) is 3.08. The standard InChI is InChI=1S/C17H16O3S/c18-16(12-6-7-14-15(10-12)20-11-19-14)17(8-9-17)21-13-4-2-1-3-5-13/h1-7,10,16,18H,8-9,11H2. The van der Waals surface area contributed by atoms with Gasteiger partial charge in [0.2, 0.25) is 6.79 Å². The van der Waals surface area contributed by atoms with Crippen LogP contribution in [0.15, 0.2) is 53.4 Å². The molecule has 0 amide bonds. The van der Waals surface area contributed by atoms with Crippen LogP contribution in [0.3, 0.4) is 0 Å². The number of rotatable bonds is 4. The Bertz CT molecular complexity index is 652. The van der Waals surface area contributed by atoms with E-state index in [9.17, 15) is 5.11 Å². The number of aliphatic hydroxyl groups excluding tert-OH is 1. The fourth-order valence-electron chi connectivity index (χ4n) is 2.66. The van der Waals surface area contributed by atoms with Crippen molar-refractivity contribution in [3.05, 3.63) is 54.1 Å². The lowest BCUT2D eigenvalue weighted by atomic mass is 10.0. The number of ether oxygens (including phenoxy) is 2. The van der Waals surface area contributed by atoms with Crippen molar-refractivity contribution in [3.63, 3.8) is 0 Å². The lowest BCUT2D eigenvalue weighted by Gasteiger charge is -2.22. The SMILES string of the molecule is OC(c1ccc2c(c1)OCO2)C1(Sc2ccccc2)CC1. The summed E-state index contributed by atoms with van der Waals surface area (Å²) in [6.07, 6.45) is 1.57. The Morgan fingerprint density at radius 1 is 1.00 bits per heavy atom. The highest BCUT2D eigenvalue weighted by Crippen LogP contribution is 2.59. The first-order valence-corrected chi connectivity index (χ1v) is 7.90. The van der Waals surface area contributed by atoms with Crippen LogP contribution in [0.25, 0.3) is 0 Å². The van der Waals surface area contributed by atoms with E-state index in [1.807, 2.05) is 36.4 Å². The molecule has 3 nitrogen and oxygen atoms in total. The van der Waals surface area contributed by atoms with Crippen LogP contribution in [0.4, 0.5) is 0 Å². The van der Waals surface area contributed by atoms with Crippen LogP contribution in [-0.2, 0) is 0 Å². The van der Waals surface area contributed by atoms with Gasteiger partial charge in [-0.2, -0.15) is 0 Å². The normalized spacial score (nSPS) is 19.3. The fraction of sp³-hybridized carbons (Fsp3) is 0.294. The molecule has 1 aliphatic heterocycles. The third-order valence-corrected chi connectivity index (χ3v) is 5.56. The smallest absolute Gasteiger partial charge is 0.231 e. The first-order chi connectivity index (χ1) is 10.3. The van der Waals surface area contributed by atoms with Gasteiger partial charge in [-0.15, -0.1) is 11.8 Å². The molecular weight excluding hydrogens is 284 g/mol. The molecule has 1 N–H and O–H groups in total. The molecule has 2 aliphatic rings. The fourth-order valence-corrected chi connectivity index (χ4v) is 3.98. The summed E-state index contributed by atoms with van der Waals surface area (Å²) in [6.45, 7) is 0.263. The number of benzene rings is 2. The summed E-state index contributed by atoms with van der Waals surface area (Å²) in [5.41, 5.74) is 0.903. The second-order valence-electron chi connectivity index (χ2n) is 5.50. The minimum absolute atomic E-state index is 0.102. The van der Waals surface area contributed by atoms with Gasteiger partial charge in [0.15, 0.2) is 11.5 Å². The minimum atomic E-state index is -0.489. The van der Waals surface area contributed by atoms with Crippen molar-refractivity contribution in [2.24, 2.45) is 0 Å². The third kappa shape index (κ3) is 2.39. The number of thioether (sulfide) groups is 1. The van der Waals surface area contributed by atoms with Crippen molar-refractivity contribution < 1.29 is 14.6 Å². The van der Waals surface area contributed by atoms with Crippen molar-refractivity contribution >= 4 is 11.8 Å². The minimum Gasteiger partial charge on any atom is -0.454 e. The predicted octanol–water partition coefficient (Wildman–Crippen LogP) is 3.77. The van der Waals surface area contributed by atoms with Gasteiger partial charge in [-0.1, -0.05) is 24.3 Å². The van der Waals surface area contributed by atoms with Crippen molar-refractivity contribution in [1.82, 2.24) is 0 Å². The number of aliphatic hydroxyl groups is 1. The molecule has 1 unspecified atom stereocenters.